The zero-order chi connectivity index (χ0) is 19.9. The minimum atomic E-state index is -0.693. The summed E-state index contributed by atoms with van der Waals surface area (Å²) in [7, 11) is 0. The molecule has 0 aliphatic heterocycles. The van der Waals surface area contributed by atoms with Gasteiger partial charge in [0.15, 0.2) is 0 Å². The van der Waals surface area contributed by atoms with E-state index in [0.29, 0.717) is 18.9 Å². The molecule has 2 N–H and O–H groups in total. The fourth-order valence-electron chi connectivity index (χ4n) is 4.35. The van der Waals surface area contributed by atoms with Crippen LogP contribution in [-0.2, 0) is 27.2 Å². The third kappa shape index (κ3) is 8.46. The van der Waals surface area contributed by atoms with Crippen LogP contribution in [0.4, 0.5) is 0 Å². The van der Waals surface area contributed by atoms with Crippen molar-refractivity contribution in [3.05, 3.63) is 70.8 Å². The number of esters is 1. The first-order valence-corrected chi connectivity index (χ1v) is 10.1. The number of aliphatic carboxylic acids is 1. The van der Waals surface area contributed by atoms with Crippen LogP contribution >= 0.6 is 0 Å². The Bertz CT molecular complexity index is 836. The number of carbonyl (C=O) groups is 2. The van der Waals surface area contributed by atoms with Crippen molar-refractivity contribution in [3.63, 3.8) is 0 Å². The van der Waals surface area contributed by atoms with Crippen LogP contribution in [0.1, 0.15) is 81.5 Å². The molecule has 0 saturated heterocycles. The minimum Gasteiger partial charge on any atom is -0.870 e. The van der Waals surface area contributed by atoms with Crippen molar-refractivity contribution in [2.45, 2.75) is 72.1 Å². The summed E-state index contributed by atoms with van der Waals surface area (Å²) >= 11 is 0. The van der Waals surface area contributed by atoms with E-state index < -0.39 is 5.97 Å². The van der Waals surface area contributed by atoms with Crippen molar-refractivity contribution in [2.24, 2.45) is 0 Å². The standard InChI is InChI=1S/C13H16O2.C11H12O2.2CH4.Li.H2O/c1-2-15-13(14)9-11-8-7-10-5-3-4-6-12(10)11;12-11(13)7-9-6-5-8-3-1-2-4-10(8)9;;;;/h3-6,11H,2,7-9H2,1H3;1-4,9H,5-7H2,(H,12,13);2*1H4;;1H2/q;;;;+1;/p-1. The monoisotopic (exact) mass is 436 g/mol. The molecule has 5 nitrogen and oxygen atoms in total. The Hall–Kier alpha value is -2.06. The van der Waals surface area contributed by atoms with E-state index in [2.05, 4.69) is 30.3 Å². The van der Waals surface area contributed by atoms with Gasteiger partial charge in [-0.3, -0.25) is 9.59 Å². The van der Waals surface area contributed by atoms with E-state index in [1.807, 2.05) is 25.1 Å². The van der Waals surface area contributed by atoms with Crippen molar-refractivity contribution in [1.29, 1.82) is 0 Å². The van der Waals surface area contributed by atoms with E-state index in [9.17, 15) is 9.59 Å². The van der Waals surface area contributed by atoms with Gasteiger partial charge in [-0.25, -0.2) is 0 Å². The largest absolute Gasteiger partial charge is 1.00 e. The van der Waals surface area contributed by atoms with Crippen LogP contribution in [0.5, 0.6) is 0 Å². The summed E-state index contributed by atoms with van der Waals surface area (Å²) < 4.78 is 4.98. The minimum absolute atomic E-state index is 0. The zero-order valence-corrected chi connectivity index (χ0v) is 17.8. The van der Waals surface area contributed by atoms with Gasteiger partial charge in [0.1, 0.15) is 0 Å². The molecule has 4 rings (SSSR count). The molecular weight excluding hydrogens is 399 g/mol. The van der Waals surface area contributed by atoms with Crippen LogP contribution in [0.3, 0.4) is 0 Å². The van der Waals surface area contributed by atoms with Gasteiger partial charge >= 0.3 is 30.8 Å². The van der Waals surface area contributed by atoms with Gasteiger partial charge in [0.05, 0.1) is 19.4 Å². The molecule has 2 unspecified atom stereocenters. The molecular formula is C26H37LiO5. The van der Waals surface area contributed by atoms with Gasteiger partial charge < -0.3 is 15.3 Å². The zero-order valence-electron chi connectivity index (χ0n) is 17.8. The second kappa shape index (κ2) is 15.7. The number of carbonyl (C=O) groups excluding carboxylic acids is 1. The van der Waals surface area contributed by atoms with Crippen LogP contribution < -0.4 is 18.9 Å². The van der Waals surface area contributed by atoms with Crippen LogP contribution in [-0.4, -0.2) is 29.1 Å². The van der Waals surface area contributed by atoms with E-state index in [0.717, 1.165) is 25.7 Å². The molecule has 0 heterocycles. The van der Waals surface area contributed by atoms with Crippen molar-refractivity contribution < 1.29 is 43.8 Å². The van der Waals surface area contributed by atoms with Crippen LogP contribution in [0.15, 0.2) is 48.5 Å². The molecule has 0 amide bonds. The van der Waals surface area contributed by atoms with Gasteiger partial charge in [0.25, 0.3) is 0 Å². The summed E-state index contributed by atoms with van der Waals surface area (Å²) in [5.74, 6) is -0.144. The Kier molecular flexibility index (Phi) is 15.8. The number of rotatable bonds is 5. The maximum Gasteiger partial charge on any atom is 1.00 e. The van der Waals surface area contributed by atoms with Gasteiger partial charge in [0.2, 0.25) is 0 Å². The van der Waals surface area contributed by atoms with Gasteiger partial charge in [0, 0.05) is 0 Å². The molecule has 2 aliphatic carbocycles. The molecule has 2 aromatic rings. The first-order chi connectivity index (χ1) is 13.6. The molecule has 0 bridgehead atoms. The van der Waals surface area contributed by atoms with Crippen molar-refractivity contribution in [2.75, 3.05) is 6.61 Å². The molecule has 6 heteroatoms. The number of carboxylic acids is 1. The van der Waals surface area contributed by atoms with E-state index >= 15 is 0 Å². The molecule has 2 aliphatic rings. The maximum atomic E-state index is 11.4. The summed E-state index contributed by atoms with van der Waals surface area (Å²) in [5, 5.41) is 8.70. The number of carboxylic acid groups (broad SMARTS) is 1. The second-order valence-electron chi connectivity index (χ2n) is 7.48. The molecule has 32 heavy (non-hydrogen) atoms. The third-order valence-electron chi connectivity index (χ3n) is 5.65. The summed E-state index contributed by atoms with van der Waals surface area (Å²) in [6, 6.07) is 16.5. The van der Waals surface area contributed by atoms with Crippen molar-refractivity contribution in [1.82, 2.24) is 0 Å². The predicted molar refractivity (Wildman–Crippen MR) is 124 cm³/mol. The molecule has 0 spiro atoms. The molecule has 0 radical (unpaired) electrons. The molecule has 0 saturated carbocycles. The van der Waals surface area contributed by atoms with E-state index in [4.69, 9.17) is 9.84 Å². The second-order valence-corrected chi connectivity index (χ2v) is 7.48. The first kappa shape index (κ1) is 32.1. The number of hydrogen-bond donors (Lipinski definition) is 1. The van der Waals surface area contributed by atoms with Gasteiger partial charge in [-0.1, -0.05) is 63.4 Å². The fourth-order valence-corrected chi connectivity index (χ4v) is 4.35. The van der Waals surface area contributed by atoms with E-state index in [-0.39, 0.29) is 57.5 Å². The van der Waals surface area contributed by atoms with Crippen molar-refractivity contribution >= 4 is 11.9 Å². The molecule has 0 aromatic heterocycles. The molecule has 172 valence electrons. The average molecular weight is 437 g/mol. The number of fused-ring (bicyclic) bond motifs is 2. The Labute approximate surface area is 205 Å². The van der Waals surface area contributed by atoms with Crippen LogP contribution in [0.2, 0.25) is 0 Å². The van der Waals surface area contributed by atoms with Crippen LogP contribution in [0, 0.1) is 0 Å². The smallest absolute Gasteiger partial charge is 0.870 e. The maximum absolute atomic E-state index is 11.4. The predicted octanol–water partition coefficient (Wildman–Crippen LogP) is 2.96. The van der Waals surface area contributed by atoms with Gasteiger partial charge in [-0.2, -0.15) is 0 Å². The normalized spacial score (nSPS) is 16.8. The Morgan fingerprint density at radius 3 is 1.75 bits per heavy atom. The van der Waals surface area contributed by atoms with Crippen LogP contribution in [0.25, 0.3) is 0 Å². The van der Waals surface area contributed by atoms with E-state index in [1.54, 1.807) is 0 Å². The summed E-state index contributed by atoms with van der Waals surface area (Å²) in [6.07, 6.45) is 5.01. The number of aryl methyl sites for hydroxylation is 2. The third-order valence-corrected chi connectivity index (χ3v) is 5.65. The molecule has 2 aromatic carbocycles. The summed E-state index contributed by atoms with van der Waals surface area (Å²) in [4.78, 5) is 22.0. The Morgan fingerprint density at radius 2 is 1.31 bits per heavy atom. The van der Waals surface area contributed by atoms with E-state index in [1.165, 1.54) is 22.3 Å². The Morgan fingerprint density at radius 1 is 0.875 bits per heavy atom. The average Bonchev–Trinajstić information content (AvgIpc) is 3.27. The quantitative estimate of drug-likeness (QED) is 0.575. The van der Waals surface area contributed by atoms with Crippen molar-refractivity contribution in [3.8, 4) is 0 Å². The summed E-state index contributed by atoms with van der Waals surface area (Å²) in [6.45, 7) is 2.33. The molecule has 0 fully saturated rings. The first-order valence-electron chi connectivity index (χ1n) is 10.1. The molecule has 2 atom stereocenters. The van der Waals surface area contributed by atoms with Gasteiger partial charge in [-0.05, 0) is 66.7 Å². The SMILES string of the molecule is C.C.CCOC(=O)CC1CCc2ccccc21.O=C(O)CC1CCc2ccccc21.[Li+].[OH-]. The topological polar surface area (TPSA) is 93.6 Å². The summed E-state index contributed by atoms with van der Waals surface area (Å²) in [5.41, 5.74) is 5.30. The number of ether oxygens (including phenoxy) is 1. The van der Waals surface area contributed by atoms with Gasteiger partial charge in [-0.15, -0.1) is 0 Å². The number of hydrogen-bond acceptors (Lipinski definition) is 4. The fraction of sp³-hybridized carbons (Fsp3) is 0.462. The number of benzene rings is 2. The Balaban J connectivity index is 0.